The zero-order chi connectivity index (χ0) is 15.0. The first-order valence-electron chi connectivity index (χ1n) is 7.51. The van der Waals surface area contributed by atoms with E-state index >= 15 is 0 Å². The molecule has 2 N–H and O–H groups in total. The minimum atomic E-state index is -0.254. The van der Waals surface area contributed by atoms with E-state index in [1.165, 1.54) is 0 Å². The van der Waals surface area contributed by atoms with Crippen LogP contribution >= 0.6 is 0 Å². The number of amides is 2. The predicted octanol–water partition coefficient (Wildman–Crippen LogP) is 1.11. The molecule has 0 radical (unpaired) electrons. The third-order valence-electron chi connectivity index (χ3n) is 3.61. The fourth-order valence-electron chi connectivity index (χ4n) is 2.11. The molecule has 1 heterocycles. The van der Waals surface area contributed by atoms with Crippen molar-refractivity contribution >= 4 is 12.0 Å². The second-order valence-corrected chi connectivity index (χ2v) is 5.22. The Balaban J connectivity index is 2.21. The van der Waals surface area contributed by atoms with E-state index in [1.807, 2.05) is 0 Å². The predicted molar refractivity (Wildman–Crippen MR) is 77.5 cm³/mol. The first-order chi connectivity index (χ1) is 9.56. The van der Waals surface area contributed by atoms with Crippen LogP contribution < -0.4 is 10.6 Å². The van der Waals surface area contributed by atoms with Crippen LogP contribution in [0.15, 0.2) is 0 Å². The van der Waals surface area contributed by atoms with Gasteiger partial charge in [0.1, 0.15) is 0 Å². The van der Waals surface area contributed by atoms with Crippen LogP contribution in [0.4, 0.5) is 4.79 Å². The van der Waals surface area contributed by atoms with Crippen LogP contribution in [0, 0.1) is 0 Å². The van der Waals surface area contributed by atoms with E-state index in [2.05, 4.69) is 24.5 Å². The van der Waals surface area contributed by atoms with E-state index in [-0.39, 0.29) is 18.0 Å². The average Bonchev–Trinajstić information content (AvgIpc) is 2.45. The SMILES string of the molecule is CCOC(=O)N1CCC(NC(=O)CNC(C)CC)CC1. The van der Waals surface area contributed by atoms with Crippen LogP contribution in [0.25, 0.3) is 0 Å². The summed E-state index contributed by atoms with van der Waals surface area (Å²) in [5.74, 6) is 0.0277. The van der Waals surface area contributed by atoms with Gasteiger partial charge in [-0.3, -0.25) is 4.79 Å². The molecule has 0 bridgehead atoms. The molecule has 0 spiro atoms. The van der Waals surface area contributed by atoms with Gasteiger partial charge in [-0.2, -0.15) is 0 Å². The Morgan fingerprint density at radius 2 is 1.95 bits per heavy atom. The summed E-state index contributed by atoms with van der Waals surface area (Å²) in [7, 11) is 0. The number of carbonyl (C=O) groups excluding carboxylic acids is 2. The molecular weight excluding hydrogens is 258 g/mol. The number of hydrogen-bond acceptors (Lipinski definition) is 4. The normalized spacial score (nSPS) is 17.6. The standard InChI is InChI=1S/C14H27N3O3/c1-4-11(3)15-10-13(18)16-12-6-8-17(9-7-12)14(19)20-5-2/h11-12,15H,4-10H2,1-3H3,(H,16,18). The van der Waals surface area contributed by atoms with Crippen molar-refractivity contribution in [3.05, 3.63) is 0 Å². The van der Waals surface area contributed by atoms with Crippen molar-refractivity contribution in [2.45, 2.75) is 52.1 Å². The first-order valence-corrected chi connectivity index (χ1v) is 7.51. The van der Waals surface area contributed by atoms with Gasteiger partial charge in [0.15, 0.2) is 0 Å². The molecule has 0 aliphatic carbocycles. The molecule has 0 saturated carbocycles. The summed E-state index contributed by atoms with van der Waals surface area (Å²) in [6.07, 6.45) is 2.32. The number of nitrogens with one attached hydrogen (secondary N) is 2. The molecule has 20 heavy (non-hydrogen) atoms. The molecule has 1 aliphatic heterocycles. The zero-order valence-electron chi connectivity index (χ0n) is 12.8. The van der Waals surface area contributed by atoms with Crippen molar-refractivity contribution in [2.75, 3.05) is 26.2 Å². The summed E-state index contributed by atoms with van der Waals surface area (Å²) >= 11 is 0. The second kappa shape index (κ2) is 8.79. The fourth-order valence-corrected chi connectivity index (χ4v) is 2.11. The summed E-state index contributed by atoms with van der Waals surface area (Å²) in [4.78, 5) is 25.0. The molecular formula is C14H27N3O3. The van der Waals surface area contributed by atoms with Gasteiger partial charge in [-0.25, -0.2) is 4.79 Å². The van der Waals surface area contributed by atoms with Gasteiger partial charge in [0.2, 0.25) is 5.91 Å². The highest BCUT2D eigenvalue weighted by Crippen LogP contribution is 2.11. The zero-order valence-corrected chi connectivity index (χ0v) is 12.8. The van der Waals surface area contributed by atoms with Crippen LogP contribution in [0.1, 0.15) is 40.0 Å². The van der Waals surface area contributed by atoms with E-state index in [9.17, 15) is 9.59 Å². The van der Waals surface area contributed by atoms with Crippen molar-refractivity contribution in [2.24, 2.45) is 0 Å². The van der Waals surface area contributed by atoms with Gasteiger partial charge in [-0.05, 0) is 33.1 Å². The van der Waals surface area contributed by atoms with Gasteiger partial charge < -0.3 is 20.3 Å². The summed E-state index contributed by atoms with van der Waals surface area (Å²) in [5, 5.41) is 6.18. The minimum Gasteiger partial charge on any atom is -0.450 e. The van der Waals surface area contributed by atoms with E-state index in [0.29, 0.717) is 32.3 Å². The van der Waals surface area contributed by atoms with Gasteiger partial charge in [-0.15, -0.1) is 0 Å². The van der Waals surface area contributed by atoms with Crippen molar-refractivity contribution in [3.8, 4) is 0 Å². The van der Waals surface area contributed by atoms with Gasteiger partial charge in [-0.1, -0.05) is 6.92 Å². The maximum absolute atomic E-state index is 11.8. The molecule has 1 saturated heterocycles. The maximum atomic E-state index is 11.8. The van der Waals surface area contributed by atoms with Gasteiger partial charge in [0.05, 0.1) is 13.2 Å². The number of likely N-dealkylation sites (tertiary alicyclic amines) is 1. The van der Waals surface area contributed by atoms with E-state index in [1.54, 1.807) is 11.8 Å². The highest BCUT2D eigenvalue weighted by molar-refractivity contribution is 5.78. The molecule has 0 aromatic carbocycles. The summed E-state index contributed by atoms with van der Waals surface area (Å²) in [5.41, 5.74) is 0. The summed E-state index contributed by atoms with van der Waals surface area (Å²) in [6.45, 7) is 7.98. The molecule has 0 aromatic rings. The maximum Gasteiger partial charge on any atom is 0.409 e. The molecule has 1 fully saturated rings. The number of piperidine rings is 1. The van der Waals surface area contributed by atoms with E-state index in [4.69, 9.17) is 4.74 Å². The van der Waals surface area contributed by atoms with Gasteiger partial charge >= 0.3 is 6.09 Å². The highest BCUT2D eigenvalue weighted by Gasteiger charge is 2.24. The number of ether oxygens (including phenoxy) is 1. The molecule has 116 valence electrons. The fraction of sp³-hybridized carbons (Fsp3) is 0.857. The largest absolute Gasteiger partial charge is 0.450 e. The topological polar surface area (TPSA) is 70.7 Å². The monoisotopic (exact) mass is 285 g/mol. The van der Waals surface area contributed by atoms with Crippen LogP contribution in [-0.2, 0) is 9.53 Å². The second-order valence-electron chi connectivity index (χ2n) is 5.22. The summed E-state index contributed by atoms with van der Waals surface area (Å²) in [6, 6.07) is 0.512. The Kier molecular flexibility index (Phi) is 7.36. The van der Waals surface area contributed by atoms with Crippen LogP contribution in [0.3, 0.4) is 0 Å². The Hall–Kier alpha value is -1.30. The van der Waals surface area contributed by atoms with Crippen LogP contribution in [0.2, 0.25) is 0 Å². The number of carbonyl (C=O) groups is 2. The smallest absolute Gasteiger partial charge is 0.409 e. The molecule has 1 atom stereocenters. The lowest BCUT2D eigenvalue weighted by atomic mass is 10.1. The Morgan fingerprint density at radius 1 is 1.30 bits per heavy atom. The lowest BCUT2D eigenvalue weighted by Gasteiger charge is -2.31. The molecule has 1 unspecified atom stereocenters. The minimum absolute atomic E-state index is 0.0277. The number of hydrogen-bond donors (Lipinski definition) is 2. The Bertz CT molecular complexity index is 315. The summed E-state index contributed by atoms with van der Waals surface area (Å²) < 4.78 is 4.96. The third-order valence-corrected chi connectivity index (χ3v) is 3.61. The lowest BCUT2D eigenvalue weighted by Crippen LogP contribution is -2.48. The molecule has 6 nitrogen and oxygen atoms in total. The average molecular weight is 285 g/mol. The van der Waals surface area contributed by atoms with Gasteiger partial charge in [0.25, 0.3) is 0 Å². The Labute approximate surface area is 121 Å². The first kappa shape index (κ1) is 16.8. The highest BCUT2D eigenvalue weighted by atomic mass is 16.6. The number of nitrogens with zero attached hydrogens (tertiary/aromatic N) is 1. The molecule has 6 heteroatoms. The van der Waals surface area contributed by atoms with Crippen molar-refractivity contribution in [1.29, 1.82) is 0 Å². The van der Waals surface area contributed by atoms with Crippen molar-refractivity contribution in [1.82, 2.24) is 15.5 Å². The van der Waals surface area contributed by atoms with Gasteiger partial charge in [0, 0.05) is 25.2 Å². The molecule has 1 aliphatic rings. The van der Waals surface area contributed by atoms with E-state index < -0.39 is 0 Å². The molecule has 0 aromatic heterocycles. The van der Waals surface area contributed by atoms with E-state index in [0.717, 1.165) is 19.3 Å². The molecule has 1 rings (SSSR count). The van der Waals surface area contributed by atoms with Crippen molar-refractivity contribution < 1.29 is 14.3 Å². The van der Waals surface area contributed by atoms with Crippen LogP contribution in [-0.4, -0.2) is 55.2 Å². The quantitative estimate of drug-likeness (QED) is 0.767. The number of rotatable bonds is 6. The lowest BCUT2D eigenvalue weighted by molar-refractivity contribution is -0.121. The Morgan fingerprint density at radius 3 is 2.50 bits per heavy atom. The third kappa shape index (κ3) is 5.77. The van der Waals surface area contributed by atoms with Crippen molar-refractivity contribution in [3.63, 3.8) is 0 Å². The molecule has 2 amide bonds. The van der Waals surface area contributed by atoms with Crippen LogP contribution in [0.5, 0.6) is 0 Å².